The molecule has 0 aliphatic heterocycles. The van der Waals surface area contributed by atoms with Crippen molar-refractivity contribution in [1.29, 1.82) is 0 Å². The molecule has 0 aliphatic carbocycles. The summed E-state index contributed by atoms with van der Waals surface area (Å²) in [7, 11) is 0. The molecule has 0 unspecified atom stereocenters. The number of hydrogen-bond acceptors (Lipinski definition) is 5. The van der Waals surface area contributed by atoms with Gasteiger partial charge in [-0.25, -0.2) is 9.67 Å². The molecule has 0 atom stereocenters. The highest BCUT2D eigenvalue weighted by molar-refractivity contribution is 5.75. The monoisotopic (exact) mass is 321 g/mol. The zero-order chi connectivity index (χ0) is 16.7. The summed E-state index contributed by atoms with van der Waals surface area (Å²) in [4.78, 5) is 19.4. The Morgan fingerprint density at radius 3 is 2.88 bits per heavy atom. The lowest BCUT2D eigenvalue weighted by Crippen LogP contribution is -2.22. The molecule has 4 rings (SSSR count). The fraction of sp³-hybridized carbons (Fsp3) is 0.176. The van der Waals surface area contributed by atoms with Gasteiger partial charge in [0.2, 0.25) is 0 Å². The molecule has 3 aromatic heterocycles. The quantitative estimate of drug-likeness (QED) is 0.626. The van der Waals surface area contributed by atoms with Crippen molar-refractivity contribution in [3.8, 4) is 11.3 Å². The van der Waals surface area contributed by atoms with E-state index in [1.54, 1.807) is 12.4 Å². The third kappa shape index (κ3) is 2.40. The van der Waals surface area contributed by atoms with Crippen LogP contribution in [0.4, 0.5) is 0 Å². The molecule has 0 aliphatic rings. The molecule has 0 bridgehead atoms. The average molecular weight is 321 g/mol. The summed E-state index contributed by atoms with van der Waals surface area (Å²) in [5.41, 5.74) is 4.89. The Morgan fingerprint density at radius 2 is 2.08 bits per heavy atom. The minimum atomic E-state index is -0.157. The summed E-state index contributed by atoms with van der Waals surface area (Å²) in [6.07, 6.45) is 1.65. The molecule has 3 heterocycles. The van der Waals surface area contributed by atoms with E-state index in [2.05, 4.69) is 20.2 Å². The molecule has 0 saturated heterocycles. The van der Waals surface area contributed by atoms with Crippen molar-refractivity contribution in [2.45, 2.75) is 20.4 Å². The summed E-state index contributed by atoms with van der Waals surface area (Å²) in [5.74, 6) is 0.684. The van der Waals surface area contributed by atoms with Gasteiger partial charge in [0, 0.05) is 6.07 Å². The summed E-state index contributed by atoms with van der Waals surface area (Å²) in [6.45, 7) is 4.07. The van der Waals surface area contributed by atoms with Crippen LogP contribution in [0.25, 0.3) is 22.3 Å². The fourth-order valence-electron chi connectivity index (χ4n) is 2.80. The largest absolute Gasteiger partial charge is 0.361 e. The fourth-order valence-corrected chi connectivity index (χ4v) is 2.80. The van der Waals surface area contributed by atoms with Crippen molar-refractivity contribution in [3.05, 3.63) is 64.0 Å². The minimum Gasteiger partial charge on any atom is -0.361 e. The van der Waals surface area contributed by atoms with Gasteiger partial charge < -0.3 is 9.51 Å². The first-order chi connectivity index (χ1) is 11.6. The highest BCUT2D eigenvalue weighted by atomic mass is 16.5. The molecule has 0 amide bonds. The highest BCUT2D eigenvalue weighted by Gasteiger charge is 2.14. The number of nitrogens with zero attached hydrogens (tertiary/aromatic N) is 4. The van der Waals surface area contributed by atoms with Crippen LogP contribution in [-0.2, 0) is 6.54 Å². The zero-order valence-electron chi connectivity index (χ0n) is 13.3. The van der Waals surface area contributed by atoms with Crippen molar-refractivity contribution in [2.24, 2.45) is 0 Å². The van der Waals surface area contributed by atoms with E-state index >= 15 is 0 Å². The molecular weight excluding hydrogens is 306 g/mol. The van der Waals surface area contributed by atoms with Crippen molar-refractivity contribution in [2.75, 3.05) is 0 Å². The molecular formula is C17H15N5O2. The van der Waals surface area contributed by atoms with Crippen LogP contribution < -0.4 is 5.56 Å². The maximum Gasteiger partial charge on any atom is 0.267 e. The smallest absolute Gasteiger partial charge is 0.267 e. The van der Waals surface area contributed by atoms with E-state index in [0.29, 0.717) is 18.0 Å². The van der Waals surface area contributed by atoms with Crippen LogP contribution in [0.15, 0.2) is 46.0 Å². The Labute approximate surface area is 136 Å². The number of aryl methyl sites for hydroxylation is 2. The molecule has 7 nitrogen and oxygen atoms in total. The molecule has 24 heavy (non-hydrogen) atoms. The van der Waals surface area contributed by atoms with Crippen molar-refractivity contribution in [1.82, 2.24) is 24.9 Å². The topological polar surface area (TPSA) is 89.6 Å². The molecule has 7 heteroatoms. The van der Waals surface area contributed by atoms with Gasteiger partial charge in [-0.2, -0.15) is 5.10 Å². The van der Waals surface area contributed by atoms with E-state index in [4.69, 9.17) is 4.52 Å². The molecule has 4 aromatic rings. The number of nitrogens with one attached hydrogen (secondary N) is 1. The van der Waals surface area contributed by atoms with Crippen LogP contribution in [0.1, 0.15) is 17.0 Å². The van der Waals surface area contributed by atoms with E-state index in [9.17, 15) is 4.79 Å². The second-order valence-corrected chi connectivity index (χ2v) is 5.67. The van der Waals surface area contributed by atoms with E-state index in [1.165, 1.54) is 10.7 Å². The van der Waals surface area contributed by atoms with Gasteiger partial charge in [-0.15, -0.1) is 0 Å². The van der Waals surface area contributed by atoms with Gasteiger partial charge in [-0.1, -0.05) is 11.2 Å². The maximum absolute atomic E-state index is 12.2. The lowest BCUT2D eigenvalue weighted by atomic mass is 10.1. The first kappa shape index (κ1) is 14.4. The number of H-pyrrole nitrogens is 1. The third-order valence-electron chi connectivity index (χ3n) is 3.97. The van der Waals surface area contributed by atoms with Crippen LogP contribution in [0, 0.1) is 13.8 Å². The maximum atomic E-state index is 12.2. The third-order valence-corrected chi connectivity index (χ3v) is 3.97. The number of aromatic amines is 1. The first-order valence-electron chi connectivity index (χ1n) is 7.55. The van der Waals surface area contributed by atoms with Gasteiger partial charge in [0.1, 0.15) is 5.76 Å². The normalized spacial score (nSPS) is 11.2. The second kappa shape index (κ2) is 5.45. The SMILES string of the molecule is Cc1noc(C)c1-c1ccc(=O)n(Cc2ccc3nc[nH]c3c2)n1. The Balaban J connectivity index is 1.75. The van der Waals surface area contributed by atoms with E-state index < -0.39 is 0 Å². The van der Waals surface area contributed by atoms with Crippen molar-refractivity contribution >= 4 is 11.0 Å². The lowest BCUT2D eigenvalue weighted by molar-refractivity contribution is 0.393. The number of fused-ring (bicyclic) bond motifs is 1. The molecule has 0 saturated carbocycles. The number of benzene rings is 1. The van der Waals surface area contributed by atoms with E-state index in [-0.39, 0.29) is 5.56 Å². The number of hydrogen-bond donors (Lipinski definition) is 1. The second-order valence-electron chi connectivity index (χ2n) is 5.67. The number of aromatic nitrogens is 5. The Morgan fingerprint density at radius 1 is 1.21 bits per heavy atom. The Hall–Kier alpha value is -3.22. The van der Waals surface area contributed by atoms with Gasteiger partial charge in [-0.05, 0) is 37.6 Å². The van der Waals surface area contributed by atoms with Crippen LogP contribution in [0.5, 0.6) is 0 Å². The predicted molar refractivity (Wildman–Crippen MR) is 88.7 cm³/mol. The summed E-state index contributed by atoms with van der Waals surface area (Å²) in [6, 6.07) is 9.05. The van der Waals surface area contributed by atoms with Crippen molar-refractivity contribution in [3.63, 3.8) is 0 Å². The van der Waals surface area contributed by atoms with Gasteiger partial charge in [0.05, 0.1) is 40.9 Å². The molecule has 120 valence electrons. The first-order valence-corrected chi connectivity index (χ1v) is 7.55. The standard InChI is InChI=1S/C17H15N5O2/c1-10-17(11(2)24-21-10)14-5-6-16(23)22(20-14)8-12-3-4-13-15(7-12)19-9-18-13/h3-7,9H,8H2,1-2H3,(H,18,19). The van der Waals surface area contributed by atoms with Crippen LogP contribution in [-0.4, -0.2) is 24.9 Å². The molecule has 1 aromatic carbocycles. The molecule has 0 fully saturated rings. The highest BCUT2D eigenvalue weighted by Crippen LogP contribution is 2.24. The summed E-state index contributed by atoms with van der Waals surface area (Å²) in [5, 5.41) is 8.42. The summed E-state index contributed by atoms with van der Waals surface area (Å²) >= 11 is 0. The zero-order valence-corrected chi connectivity index (χ0v) is 13.3. The summed E-state index contributed by atoms with van der Waals surface area (Å²) < 4.78 is 6.63. The van der Waals surface area contributed by atoms with Gasteiger partial charge in [0.25, 0.3) is 5.56 Å². The van der Waals surface area contributed by atoms with Gasteiger partial charge >= 0.3 is 0 Å². The van der Waals surface area contributed by atoms with Crippen molar-refractivity contribution < 1.29 is 4.52 Å². The predicted octanol–water partition coefficient (Wildman–Crippen LogP) is 2.44. The molecule has 0 spiro atoms. The van der Waals surface area contributed by atoms with Crippen LogP contribution >= 0.6 is 0 Å². The number of rotatable bonds is 3. The van der Waals surface area contributed by atoms with Gasteiger partial charge in [-0.3, -0.25) is 4.79 Å². The number of imidazole rings is 1. The Bertz CT molecular complexity index is 1070. The minimum absolute atomic E-state index is 0.157. The van der Waals surface area contributed by atoms with Gasteiger partial charge in [0.15, 0.2) is 0 Å². The van der Waals surface area contributed by atoms with E-state index in [1.807, 2.05) is 32.0 Å². The molecule has 1 N–H and O–H groups in total. The molecule has 0 radical (unpaired) electrons. The van der Waals surface area contributed by atoms with E-state index in [0.717, 1.165) is 27.9 Å². The lowest BCUT2D eigenvalue weighted by Gasteiger charge is -2.07. The van der Waals surface area contributed by atoms with Crippen LogP contribution in [0.2, 0.25) is 0 Å². The Kier molecular flexibility index (Phi) is 3.26. The van der Waals surface area contributed by atoms with Crippen LogP contribution in [0.3, 0.4) is 0 Å². The average Bonchev–Trinajstić information content (AvgIpc) is 3.16.